The van der Waals surface area contributed by atoms with Gasteiger partial charge in [-0.3, -0.25) is 9.48 Å². The summed E-state index contributed by atoms with van der Waals surface area (Å²) in [6, 6.07) is 7.05. The van der Waals surface area contributed by atoms with Crippen molar-refractivity contribution in [3.8, 4) is 5.88 Å². The molecule has 0 radical (unpaired) electrons. The van der Waals surface area contributed by atoms with Crippen LogP contribution in [0.3, 0.4) is 0 Å². The highest BCUT2D eigenvalue weighted by Gasteiger charge is 2.15. The van der Waals surface area contributed by atoms with E-state index in [4.69, 9.17) is 10.3 Å². The van der Waals surface area contributed by atoms with Crippen LogP contribution in [-0.4, -0.2) is 21.4 Å². The van der Waals surface area contributed by atoms with E-state index >= 15 is 0 Å². The molecule has 7 nitrogen and oxygen atoms in total. The Bertz CT molecular complexity index is 722. The van der Waals surface area contributed by atoms with Crippen LogP contribution >= 0.6 is 11.8 Å². The van der Waals surface area contributed by atoms with Crippen LogP contribution in [-0.2, 0) is 13.7 Å². The van der Waals surface area contributed by atoms with Crippen molar-refractivity contribution in [1.82, 2.24) is 9.78 Å². The minimum absolute atomic E-state index is 0.183. The lowest BCUT2D eigenvalue weighted by Gasteiger charge is -2.12. The van der Waals surface area contributed by atoms with Crippen LogP contribution in [0.2, 0.25) is 0 Å². The molecule has 0 aliphatic heterocycles. The zero-order chi connectivity index (χ0) is 15.9. The van der Waals surface area contributed by atoms with Gasteiger partial charge in [0.05, 0.1) is 0 Å². The van der Waals surface area contributed by atoms with Gasteiger partial charge in [0, 0.05) is 40.2 Å². The van der Waals surface area contributed by atoms with Gasteiger partial charge in [-0.1, -0.05) is 19.1 Å². The first-order valence-electron chi connectivity index (χ1n) is 6.62. The Morgan fingerprint density at radius 2 is 2.32 bits per heavy atom. The van der Waals surface area contributed by atoms with E-state index in [-0.39, 0.29) is 6.61 Å². The Morgan fingerprint density at radius 1 is 1.50 bits per heavy atom. The van der Waals surface area contributed by atoms with Crippen LogP contribution < -0.4 is 4.74 Å². The average molecular weight is 317 g/mol. The maximum atomic E-state index is 11.9. The molecule has 0 aliphatic carbocycles. The van der Waals surface area contributed by atoms with Crippen LogP contribution in [0.5, 0.6) is 5.88 Å². The largest absolute Gasteiger partial charge is 0.472 e. The van der Waals surface area contributed by atoms with E-state index in [0.29, 0.717) is 17.0 Å². The van der Waals surface area contributed by atoms with E-state index < -0.39 is 5.91 Å². The lowest BCUT2D eigenvalue weighted by Crippen LogP contribution is -2.06. The molecule has 114 valence electrons. The molecular weight excluding hydrogens is 302 g/mol. The Morgan fingerprint density at radius 3 is 2.95 bits per heavy atom. The van der Waals surface area contributed by atoms with E-state index in [2.05, 4.69) is 15.1 Å². The minimum atomic E-state index is -0.610. The molecule has 2 rings (SSSR count). The fraction of sp³-hybridized carbons (Fsp3) is 0.286. The number of nitrogens with zero attached hydrogens (tertiary/aromatic N) is 5. The predicted molar refractivity (Wildman–Crippen MR) is 83.9 cm³/mol. The Labute approximate surface area is 131 Å². The summed E-state index contributed by atoms with van der Waals surface area (Å²) < 4.78 is 7.27. The number of aryl methyl sites for hydroxylation is 1. The second kappa shape index (κ2) is 7.53. The van der Waals surface area contributed by atoms with Crippen molar-refractivity contribution >= 4 is 17.7 Å². The molecule has 0 saturated heterocycles. The fourth-order valence-electron chi connectivity index (χ4n) is 1.92. The summed E-state index contributed by atoms with van der Waals surface area (Å²) in [6.45, 7) is 2.21. The van der Waals surface area contributed by atoms with Crippen molar-refractivity contribution in [3.05, 3.63) is 52.0 Å². The second-order valence-electron chi connectivity index (χ2n) is 4.33. The standard InChI is InChI=1S/C14H15N5O2S/c1-3-22-12-6-4-5-10(14(20)16-18-15)11(12)9-21-13-7-8-19(2)17-13/h4-8H,3,9H2,1-2H3. The smallest absolute Gasteiger partial charge is 0.249 e. The summed E-state index contributed by atoms with van der Waals surface area (Å²) in [5, 5.41) is 7.31. The molecule has 1 aromatic carbocycles. The summed E-state index contributed by atoms with van der Waals surface area (Å²) >= 11 is 1.60. The number of benzene rings is 1. The van der Waals surface area contributed by atoms with E-state index in [1.807, 2.05) is 13.0 Å². The molecule has 8 heteroatoms. The number of hydrogen-bond donors (Lipinski definition) is 0. The van der Waals surface area contributed by atoms with Gasteiger partial charge >= 0.3 is 0 Å². The van der Waals surface area contributed by atoms with Gasteiger partial charge in [0.1, 0.15) is 6.61 Å². The topological polar surface area (TPSA) is 92.9 Å². The Balaban J connectivity index is 2.32. The van der Waals surface area contributed by atoms with Crippen molar-refractivity contribution < 1.29 is 9.53 Å². The number of amides is 1. The molecule has 0 N–H and O–H groups in total. The van der Waals surface area contributed by atoms with Crippen LogP contribution in [0.4, 0.5) is 0 Å². The first-order valence-corrected chi connectivity index (χ1v) is 7.60. The zero-order valence-corrected chi connectivity index (χ0v) is 13.1. The summed E-state index contributed by atoms with van der Waals surface area (Å²) in [7, 11) is 1.80. The van der Waals surface area contributed by atoms with E-state index in [9.17, 15) is 4.79 Å². The van der Waals surface area contributed by atoms with E-state index in [0.717, 1.165) is 10.6 Å². The number of aromatic nitrogens is 2. The third-order valence-corrected chi connectivity index (χ3v) is 3.83. The molecule has 22 heavy (non-hydrogen) atoms. The lowest BCUT2D eigenvalue weighted by atomic mass is 10.1. The molecule has 2 aromatic rings. The molecule has 1 aromatic heterocycles. The molecule has 0 saturated carbocycles. The first kappa shape index (κ1) is 15.9. The third-order valence-electron chi connectivity index (χ3n) is 2.85. The van der Waals surface area contributed by atoms with Crippen molar-refractivity contribution in [2.45, 2.75) is 18.4 Å². The molecule has 0 aliphatic rings. The molecular formula is C14H15N5O2S. The normalized spacial score (nSPS) is 10.1. The quantitative estimate of drug-likeness (QED) is 0.352. The van der Waals surface area contributed by atoms with Crippen LogP contribution in [0.25, 0.3) is 10.4 Å². The van der Waals surface area contributed by atoms with Gasteiger partial charge < -0.3 is 4.74 Å². The fourth-order valence-corrected chi connectivity index (χ4v) is 2.75. The molecule has 0 spiro atoms. The third kappa shape index (κ3) is 3.81. The number of azide groups is 1. The van der Waals surface area contributed by atoms with Gasteiger partial charge in [0.25, 0.3) is 0 Å². The Hall–Kier alpha value is -2.44. The number of ether oxygens (including phenoxy) is 1. The Kier molecular flexibility index (Phi) is 5.46. The maximum absolute atomic E-state index is 11.9. The van der Waals surface area contributed by atoms with Crippen molar-refractivity contribution in [2.24, 2.45) is 12.2 Å². The van der Waals surface area contributed by atoms with Gasteiger partial charge in [-0.05, 0) is 22.5 Å². The summed E-state index contributed by atoms with van der Waals surface area (Å²) in [4.78, 5) is 15.4. The number of carbonyl (C=O) groups is 1. The van der Waals surface area contributed by atoms with Crippen molar-refractivity contribution in [1.29, 1.82) is 0 Å². The van der Waals surface area contributed by atoms with Gasteiger partial charge in [0.15, 0.2) is 0 Å². The first-order chi connectivity index (χ1) is 10.7. The van der Waals surface area contributed by atoms with E-state index in [1.54, 1.807) is 47.9 Å². The zero-order valence-electron chi connectivity index (χ0n) is 12.3. The van der Waals surface area contributed by atoms with Gasteiger partial charge in [-0.25, -0.2) is 0 Å². The molecule has 0 atom stereocenters. The maximum Gasteiger partial charge on any atom is 0.249 e. The van der Waals surface area contributed by atoms with Crippen molar-refractivity contribution in [2.75, 3.05) is 5.75 Å². The molecule has 0 unspecified atom stereocenters. The molecule has 0 bridgehead atoms. The van der Waals surface area contributed by atoms with Crippen molar-refractivity contribution in [3.63, 3.8) is 0 Å². The minimum Gasteiger partial charge on any atom is -0.472 e. The number of thioether (sulfide) groups is 1. The summed E-state index contributed by atoms with van der Waals surface area (Å²) in [5.74, 6) is 0.720. The van der Waals surface area contributed by atoms with E-state index in [1.165, 1.54) is 0 Å². The van der Waals surface area contributed by atoms with Crippen LogP contribution in [0, 0.1) is 0 Å². The molecule has 1 amide bonds. The monoisotopic (exact) mass is 317 g/mol. The number of hydrogen-bond acceptors (Lipinski definition) is 4. The summed E-state index contributed by atoms with van der Waals surface area (Å²) in [5.41, 5.74) is 9.52. The lowest BCUT2D eigenvalue weighted by molar-refractivity contribution is 0.0997. The highest BCUT2D eigenvalue weighted by atomic mass is 32.2. The predicted octanol–water partition coefficient (Wildman–Crippen LogP) is 3.56. The van der Waals surface area contributed by atoms with Gasteiger partial charge in [0.2, 0.25) is 11.8 Å². The number of carbonyl (C=O) groups excluding carboxylic acids is 1. The molecule has 1 heterocycles. The van der Waals surface area contributed by atoms with Gasteiger partial charge in [-0.2, -0.15) is 0 Å². The second-order valence-corrected chi connectivity index (χ2v) is 5.63. The van der Waals surface area contributed by atoms with Crippen LogP contribution in [0.1, 0.15) is 22.8 Å². The SMILES string of the molecule is CCSc1cccc(C(=O)N=[N+]=[N-])c1COc1ccn(C)n1. The number of rotatable bonds is 6. The molecule has 0 fully saturated rings. The average Bonchev–Trinajstić information content (AvgIpc) is 2.92. The summed E-state index contributed by atoms with van der Waals surface area (Å²) in [6.07, 6.45) is 1.77. The van der Waals surface area contributed by atoms with Crippen LogP contribution in [0.15, 0.2) is 40.5 Å². The van der Waals surface area contributed by atoms with Gasteiger partial charge in [-0.15, -0.1) is 16.9 Å². The highest BCUT2D eigenvalue weighted by molar-refractivity contribution is 7.99. The highest BCUT2D eigenvalue weighted by Crippen LogP contribution is 2.27.